The SMILES string of the molecule is O=C1CCc2c(N3CCNCC3)cccc2N1Cc1ccccc1. The van der Waals surface area contributed by atoms with Gasteiger partial charge < -0.3 is 15.1 Å². The number of nitrogens with zero attached hydrogens (tertiary/aromatic N) is 2. The van der Waals surface area contributed by atoms with E-state index in [2.05, 4.69) is 40.5 Å². The van der Waals surface area contributed by atoms with Gasteiger partial charge >= 0.3 is 0 Å². The Kier molecular flexibility index (Phi) is 4.22. The fraction of sp³-hybridized carbons (Fsp3) is 0.350. The second kappa shape index (κ2) is 6.65. The Bertz CT molecular complexity index is 723. The molecule has 0 aromatic heterocycles. The van der Waals surface area contributed by atoms with Crippen molar-refractivity contribution in [3.63, 3.8) is 0 Å². The highest BCUT2D eigenvalue weighted by atomic mass is 16.2. The van der Waals surface area contributed by atoms with Crippen LogP contribution < -0.4 is 15.1 Å². The molecule has 2 aliphatic heterocycles. The normalized spacial score (nSPS) is 17.8. The summed E-state index contributed by atoms with van der Waals surface area (Å²) >= 11 is 0. The Balaban J connectivity index is 1.68. The predicted molar refractivity (Wildman–Crippen MR) is 97.5 cm³/mol. The molecular formula is C20H23N3O. The molecule has 2 aliphatic rings. The van der Waals surface area contributed by atoms with Gasteiger partial charge in [0.05, 0.1) is 6.54 Å². The minimum absolute atomic E-state index is 0.226. The molecule has 1 amide bonds. The average molecular weight is 321 g/mol. The molecule has 124 valence electrons. The maximum Gasteiger partial charge on any atom is 0.227 e. The standard InChI is InChI=1S/C20H23N3O/c24-20-10-9-17-18(22-13-11-21-12-14-22)7-4-8-19(17)23(20)15-16-5-2-1-3-6-16/h1-8,21H,9-15H2. The summed E-state index contributed by atoms with van der Waals surface area (Å²) in [4.78, 5) is 17.0. The van der Waals surface area contributed by atoms with E-state index in [-0.39, 0.29) is 5.91 Å². The van der Waals surface area contributed by atoms with E-state index < -0.39 is 0 Å². The summed E-state index contributed by atoms with van der Waals surface area (Å²) in [5, 5.41) is 3.41. The fourth-order valence-electron chi connectivity index (χ4n) is 3.71. The first-order valence-electron chi connectivity index (χ1n) is 8.75. The molecule has 0 unspecified atom stereocenters. The average Bonchev–Trinajstić information content (AvgIpc) is 2.65. The molecule has 0 bridgehead atoms. The molecule has 2 aromatic rings. The molecule has 4 heteroatoms. The molecular weight excluding hydrogens is 298 g/mol. The number of amides is 1. The number of hydrogen-bond donors (Lipinski definition) is 1. The minimum atomic E-state index is 0.226. The molecule has 0 radical (unpaired) electrons. The molecule has 4 nitrogen and oxygen atoms in total. The quantitative estimate of drug-likeness (QED) is 0.944. The molecule has 2 aromatic carbocycles. The molecule has 0 atom stereocenters. The van der Waals surface area contributed by atoms with Crippen LogP contribution in [0.15, 0.2) is 48.5 Å². The third kappa shape index (κ3) is 2.89. The lowest BCUT2D eigenvalue weighted by Gasteiger charge is -2.36. The number of rotatable bonds is 3. The van der Waals surface area contributed by atoms with Crippen LogP contribution in [0.25, 0.3) is 0 Å². The molecule has 2 heterocycles. The van der Waals surface area contributed by atoms with Crippen LogP contribution >= 0.6 is 0 Å². The van der Waals surface area contributed by atoms with Crippen LogP contribution in [0, 0.1) is 0 Å². The Hall–Kier alpha value is -2.33. The summed E-state index contributed by atoms with van der Waals surface area (Å²) in [6.07, 6.45) is 1.45. The van der Waals surface area contributed by atoms with Gasteiger partial charge in [0.15, 0.2) is 0 Å². The Labute approximate surface area is 143 Å². The van der Waals surface area contributed by atoms with E-state index in [1.807, 2.05) is 23.1 Å². The third-order valence-corrected chi connectivity index (χ3v) is 4.95. The highest BCUT2D eigenvalue weighted by molar-refractivity contribution is 5.97. The monoisotopic (exact) mass is 321 g/mol. The van der Waals surface area contributed by atoms with Gasteiger partial charge in [-0.25, -0.2) is 0 Å². The molecule has 0 saturated carbocycles. The Morgan fingerprint density at radius 3 is 2.42 bits per heavy atom. The van der Waals surface area contributed by atoms with Gasteiger partial charge in [0.25, 0.3) is 0 Å². The molecule has 1 saturated heterocycles. The van der Waals surface area contributed by atoms with Crippen LogP contribution in [0.4, 0.5) is 11.4 Å². The van der Waals surface area contributed by atoms with Crippen LogP contribution in [-0.4, -0.2) is 32.1 Å². The highest BCUT2D eigenvalue weighted by Crippen LogP contribution is 2.36. The summed E-state index contributed by atoms with van der Waals surface area (Å²) in [6.45, 7) is 4.76. The summed E-state index contributed by atoms with van der Waals surface area (Å²) in [7, 11) is 0. The first-order chi connectivity index (χ1) is 11.8. The zero-order chi connectivity index (χ0) is 16.4. The number of hydrogen-bond acceptors (Lipinski definition) is 3. The topological polar surface area (TPSA) is 35.6 Å². The van der Waals surface area contributed by atoms with E-state index in [9.17, 15) is 4.79 Å². The van der Waals surface area contributed by atoms with E-state index in [4.69, 9.17) is 0 Å². The zero-order valence-corrected chi connectivity index (χ0v) is 13.9. The van der Waals surface area contributed by atoms with Gasteiger partial charge in [0, 0.05) is 44.0 Å². The molecule has 24 heavy (non-hydrogen) atoms. The smallest absolute Gasteiger partial charge is 0.227 e. The summed E-state index contributed by atoms with van der Waals surface area (Å²) in [6, 6.07) is 16.6. The van der Waals surface area contributed by atoms with Gasteiger partial charge in [-0.1, -0.05) is 36.4 Å². The van der Waals surface area contributed by atoms with Crippen molar-refractivity contribution in [2.24, 2.45) is 0 Å². The summed E-state index contributed by atoms with van der Waals surface area (Å²) in [5.74, 6) is 0.226. The fourth-order valence-corrected chi connectivity index (χ4v) is 3.71. The van der Waals surface area contributed by atoms with E-state index >= 15 is 0 Å². The number of anilines is 2. The van der Waals surface area contributed by atoms with E-state index in [1.165, 1.54) is 16.8 Å². The Morgan fingerprint density at radius 2 is 1.62 bits per heavy atom. The van der Waals surface area contributed by atoms with E-state index in [1.54, 1.807) is 0 Å². The summed E-state index contributed by atoms with van der Waals surface area (Å²) in [5.41, 5.74) is 4.90. The predicted octanol–water partition coefficient (Wildman–Crippen LogP) is 2.58. The molecule has 4 rings (SSSR count). The van der Waals surface area contributed by atoms with Crippen molar-refractivity contribution in [3.8, 4) is 0 Å². The highest BCUT2D eigenvalue weighted by Gasteiger charge is 2.27. The number of benzene rings is 2. The maximum absolute atomic E-state index is 12.6. The third-order valence-electron chi connectivity index (χ3n) is 4.95. The van der Waals surface area contributed by atoms with Crippen molar-refractivity contribution in [1.29, 1.82) is 0 Å². The second-order valence-corrected chi connectivity index (χ2v) is 6.48. The Morgan fingerprint density at radius 1 is 0.875 bits per heavy atom. The molecule has 1 N–H and O–H groups in total. The molecule has 1 fully saturated rings. The second-order valence-electron chi connectivity index (χ2n) is 6.48. The first kappa shape index (κ1) is 15.2. The van der Waals surface area contributed by atoms with Crippen molar-refractivity contribution >= 4 is 17.3 Å². The maximum atomic E-state index is 12.6. The first-order valence-corrected chi connectivity index (χ1v) is 8.75. The number of piperazine rings is 1. The van der Waals surface area contributed by atoms with Crippen molar-refractivity contribution in [2.45, 2.75) is 19.4 Å². The van der Waals surface area contributed by atoms with Gasteiger partial charge in [-0.2, -0.15) is 0 Å². The number of carbonyl (C=O) groups excluding carboxylic acids is 1. The van der Waals surface area contributed by atoms with Crippen molar-refractivity contribution in [3.05, 3.63) is 59.7 Å². The van der Waals surface area contributed by atoms with Crippen molar-refractivity contribution in [1.82, 2.24) is 5.32 Å². The van der Waals surface area contributed by atoms with Crippen LogP contribution in [-0.2, 0) is 17.8 Å². The van der Waals surface area contributed by atoms with Crippen LogP contribution in [0.2, 0.25) is 0 Å². The van der Waals surface area contributed by atoms with E-state index in [0.29, 0.717) is 13.0 Å². The van der Waals surface area contributed by atoms with Crippen LogP contribution in [0.5, 0.6) is 0 Å². The number of fused-ring (bicyclic) bond motifs is 1. The number of nitrogens with one attached hydrogen (secondary N) is 1. The van der Waals surface area contributed by atoms with Gasteiger partial charge in [0.1, 0.15) is 0 Å². The molecule has 0 aliphatic carbocycles. The van der Waals surface area contributed by atoms with Crippen molar-refractivity contribution < 1.29 is 4.79 Å². The van der Waals surface area contributed by atoms with Crippen LogP contribution in [0.1, 0.15) is 17.5 Å². The van der Waals surface area contributed by atoms with Gasteiger partial charge in [-0.05, 0) is 29.7 Å². The van der Waals surface area contributed by atoms with Crippen molar-refractivity contribution in [2.75, 3.05) is 36.0 Å². The summed E-state index contributed by atoms with van der Waals surface area (Å²) < 4.78 is 0. The lowest BCUT2D eigenvalue weighted by Crippen LogP contribution is -2.44. The number of carbonyl (C=O) groups is 1. The lowest BCUT2D eigenvalue weighted by atomic mass is 9.97. The lowest BCUT2D eigenvalue weighted by molar-refractivity contribution is -0.119. The van der Waals surface area contributed by atoms with Crippen LogP contribution in [0.3, 0.4) is 0 Å². The largest absolute Gasteiger partial charge is 0.369 e. The zero-order valence-electron chi connectivity index (χ0n) is 13.9. The van der Waals surface area contributed by atoms with Gasteiger partial charge in [-0.15, -0.1) is 0 Å². The molecule has 0 spiro atoms. The minimum Gasteiger partial charge on any atom is -0.369 e. The van der Waals surface area contributed by atoms with Gasteiger partial charge in [-0.3, -0.25) is 4.79 Å². The van der Waals surface area contributed by atoms with Gasteiger partial charge in [0.2, 0.25) is 5.91 Å². The van der Waals surface area contributed by atoms with E-state index in [0.717, 1.165) is 38.3 Å².